The molecule has 2 nitrogen and oxygen atoms in total. The van der Waals surface area contributed by atoms with Crippen molar-refractivity contribution in [1.82, 2.24) is 0 Å². The number of thioether (sulfide) groups is 1. The summed E-state index contributed by atoms with van der Waals surface area (Å²) in [5, 5.41) is 11.2. The zero-order chi connectivity index (χ0) is 6.74. The van der Waals surface area contributed by atoms with Crippen LogP contribution in [0.25, 0.3) is 0 Å². The molecule has 0 radical (unpaired) electrons. The summed E-state index contributed by atoms with van der Waals surface area (Å²) in [5.41, 5.74) is 0. The molecule has 0 aromatic heterocycles. The third-order valence-electron chi connectivity index (χ3n) is 1.22. The van der Waals surface area contributed by atoms with E-state index in [4.69, 9.17) is 0 Å². The zero-order valence-electron chi connectivity index (χ0n) is 4.91. The van der Waals surface area contributed by atoms with Gasteiger partial charge in [-0.05, 0) is 5.41 Å². The highest BCUT2D eigenvalue weighted by Gasteiger charge is 2.27. The van der Waals surface area contributed by atoms with E-state index >= 15 is 0 Å². The van der Waals surface area contributed by atoms with Crippen molar-refractivity contribution in [2.24, 2.45) is 0 Å². The van der Waals surface area contributed by atoms with Crippen LogP contribution in [0.2, 0.25) is 0 Å². The van der Waals surface area contributed by atoms with Gasteiger partial charge in [-0.15, -0.1) is 0 Å². The van der Waals surface area contributed by atoms with Gasteiger partial charge in [0.05, 0.1) is 0 Å². The lowest BCUT2D eigenvalue weighted by molar-refractivity contribution is -0.109. The first-order valence-electron chi connectivity index (χ1n) is 2.76. The fourth-order valence-corrected chi connectivity index (χ4v) is 1.52. The van der Waals surface area contributed by atoms with Crippen molar-refractivity contribution >= 4 is 18.0 Å². The summed E-state index contributed by atoms with van der Waals surface area (Å²) in [4.78, 5) is 9.15. The average molecular weight is 144 g/mol. The van der Waals surface area contributed by atoms with Gasteiger partial charge in [-0.25, -0.2) is 0 Å². The Morgan fingerprint density at radius 2 is 2.67 bits per heavy atom. The van der Waals surface area contributed by atoms with Crippen LogP contribution in [-0.2, 0) is 4.79 Å². The third kappa shape index (κ3) is 1.56. The Bertz CT molecular complexity index is 134. The van der Waals surface area contributed by atoms with E-state index in [9.17, 15) is 9.90 Å². The Balaban J connectivity index is 2.44. The Morgan fingerprint density at radius 1 is 1.89 bits per heavy atom. The third-order valence-corrected chi connectivity index (χ3v) is 2.32. The summed E-state index contributed by atoms with van der Waals surface area (Å²) in [6, 6.07) is 0. The Hall–Kier alpha value is -0.280. The first-order valence-corrected chi connectivity index (χ1v) is 3.64. The quantitative estimate of drug-likeness (QED) is 0.585. The molecule has 1 unspecified atom stereocenters. The maximum absolute atomic E-state index is 9.96. The van der Waals surface area contributed by atoms with Gasteiger partial charge in [0.15, 0.2) is 0 Å². The summed E-state index contributed by atoms with van der Waals surface area (Å²) in [7, 11) is 0. The maximum atomic E-state index is 9.96. The molecule has 0 saturated carbocycles. The lowest BCUT2D eigenvalue weighted by Gasteiger charge is -2.16. The molecule has 0 aromatic rings. The van der Waals surface area contributed by atoms with Crippen molar-refractivity contribution in [3.63, 3.8) is 0 Å². The molecule has 50 valence electrons. The lowest BCUT2D eigenvalue weighted by Crippen LogP contribution is -2.20. The molecule has 1 rings (SSSR count). The van der Waals surface area contributed by atoms with Crippen molar-refractivity contribution in [3.05, 3.63) is 11.5 Å². The van der Waals surface area contributed by atoms with Crippen LogP contribution in [0.4, 0.5) is 0 Å². The van der Waals surface area contributed by atoms with Gasteiger partial charge in [-0.3, -0.25) is 0 Å². The molecule has 0 saturated heterocycles. The minimum atomic E-state index is -0.818. The molecule has 9 heavy (non-hydrogen) atoms. The fraction of sp³-hybridized carbons (Fsp3) is 0.500. The molecule has 0 bridgehead atoms. The predicted molar refractivity (Wildman–Crippen MR) is 37.0 cm³/mol. The zero-order valence-corrected chi connectivity index (χ0v) is 5.73. The van der Waals surface area contributed by atoms with Crippen LogP contribution in [0.1, 0.15) is 12.8 Å². The maximum Gasteiger partial charge on any atom is 0.124 e. The van der Waals surface area contributed by atoms with Gasteiger partial charge in [0.1, 0.15) is 11.2 Å². The Labute approximate surface area is 57.9 Å². The Morgan fingerprint density at radius 3 is 3.11 bits per heavy atom. The molecule has 1 aliphatic rings. The summed E-state index contributed by atoms with van der Waals surface area (Å²) < 4.78 is 0. The molecule has 0 aliphatic carbocycles. The van der Waals surface area contributed by atoms with Crippen molar-refractivity contribution in [2.75, 3.05) is 0 Å². The van der Waals surface area contributed by atoms with Gasteiger partial charge in [0.25, 0.3) is 0 Å². The van der Waals surface area contributed by atoms with E-state index in [1.54, 1.807) is 0 Å². The fourth-order valence-electron chi connectivity index (χ4n) is 0.717. The number of aldehydes is 1. The highest BCUT2D eigenvalue weighted by Crippen LogP contribution is 2.35. The molecule has 0 aromatic carbocycles. The molecule has 1 atom stereocenters. The predicted octanol–water partition coefficient (Wildman–Crippen LogP) is 0.915. The SMILES string of the molecule is O=CCC1(O)CC=CS1. The highest BCUT2D eigenvalue weighted by atomic mass is 32.2. The van der Waals surface area contributed by atoms with Crippen LogP contribution < -0.4 is 0 Å². The van der Waals surface area contributed by atoms with Crippen LogP contribution in [0.5, 0.6) is 0 Å². The molecular weight excluding hydrogens is 136 g/mol. The normalized spacial score (nSPS) is 33.0. The van der Waals surface area contributed by atoms with Crippen LogP contribution in [0.3, 0.4) is 0 Å². The van der Waals surface area contributed by atoms with Gasteiger partial charge in [0.2, 0.25) is 0 Å². The number of rotatable bonds is 2. The van der Waals surface area contributed by atoms with E-state index in [2.05, 4.69) is 0 Å². The van der Waals surface area contributed by atoms with E-state index in [0.29, 0.717) is 6.42 Å². The minimum Gasteiger partial charge on any atom is -0.378 e. The molecule has 3 heteroatoms. The van der Waals surface area contributed by atoms with Crippen LogP contribution in [0, 0.1) is 0 Å². The number of aliphatic hydroxyl groups is 1. The number of carbonyl (C=O) groups excluding carboxylic acids is 1. The van der Waals surface area contributed by atoms with E-state index in [0.717, 1.165) is 6.29 Å². The molecular formula is C6H8O2S. The summed E-state index contributed by atoms with van der Waals surface area (Å²) >= 11 is 1.31. The summed E-state index contributed by atoms with van der Waals surface area (Å²) in [5.74, 6) is 0. The minimum absolute atomic E-state index is 0.227. The van der Waals surface area contributed by atoms with Crippen LogP contribution in [0.15, 0.2) is 11.5 Å². The van der Waals surface area contributed by atoms with E-state index in [1.165, 1.54) is 11.8 Å². The molecule has 0 amide bonds. The first kappa shape index (κ1) is 6.83. The molecule has 0 spiro atoms. The standard InChI is InChI=1S/C6H8O2S/c7-4-3-6(8)2-1-5-9-6/h1,4-5,8H,2-3H2. The van der Waals surface area contributed by atoms with Crippen molar-refractivity contribution in [1.29, 1.82) is 0 Å². The van der Waals surface area contributed by atoms with Gasteiger partial charge in [-0.1, -0.05) is 17.8 Å². The van der Waals surface area contributed by atoms with Crippen molar-refractivity contribution in [3.8, 4) is 0 Å². The molecule has 0 fully saturated rings. The Kier molecular flexibility index (Phi) is 1.93. The number of hydrogen-bond donors (Lipinski definition) is 1. The average Bonchev–Trinajstić information content (AvgIpc) is 2.16. The van der Waals surface area contributed by atoms with Gasteiger partial charge >= 0.3 is 0 Å². The topological polar surface area (TPSA) is 37.3 Å². The molecule has 1 heterocycles. The van der Waals surface area contributed by atoms with Crippen molar-refractivity contribution in [2.45, 2.75) is 17.8 Å². The smallest absolute Gasteiger partial charge is 0.124 e. The number of carbonyl (C=O) groups is 1. The van der Waals surface area contributed by atoms with Crippen LogP contribution in [-0.4, -0.2) is 16.3 Å². The van der Waals surface area contributed by atoms with Crippen molar-refractivity contribution < 1.29 is 9.90 Å². The molecule has 1 N–H and O–H groups in total. The van der Waals surface area contributed by atoms with E-state index in [1.807, 2.05) is 11.5 Å². The first-order chi connectivity index (χ1) is 4.27. The second-order valence-electron chi connectivity index (χ2n) is 2.01. The monoisotopic (exact) mass is 144 g/mol. The summed E-state index contributed by atoms with van der Waals surface area (Å²) in [6.45, 7) is 0. The second-order valence-corrected chi connectivity index (χ2v) is 3.28. The van der Waals surface area contributed by atoms with Gasteiger partial charge in [-0.2, -0.15) is 0 Å². The highest BCUT2D eigenvalue weighted by molar-refractivity contribution is 8.03. The molecule has 1 aliphatic heterocycles. The van der Waals surface area contributed by atoms with Gasteiger partial charge in [0, 0.05) is 12.8 Å². The lowest BCUT2D eigenvalue weighted by atomic mass is 10.2. The summed E-state index contributed by atoms with van der Waals surface area (Å²) in [6.07, 6.45) is 3.44. The van der Waals surface area contributed by atoms with E-state index < -0.39 is 4.93 Å². The second kappa shape index (κ2) is 2.54. The van der Waals surface area contributed by atoms with Crippen LogP contribution >= 0.6 is 11.8 Å². The largest absolute Gasteiger partial charge is 0.378 e. The van der Waals surface area contributed by atoms with Gasteiger partial charge < -0.3 is 9.90 Å². The van der Waals surface area contributed by atoms with E-state index in [-0.39, 0.29) is 6.42 Å². The number of hydrogen-bond acceptors (Lipinski definition) is 3.